The van der Waals surface area contributed by atoms with E-state index in [0.717, 1.165) is 11.0 Å². The van der Waals surface area contributed by atoms with Crippen LogP contribution in [0.2, 0.25) is 0 Å². The number of hydrogen-bond donors (Lipinski definition) is 2. The van der Waals surface area contributed by atoms with Crippen molar-refractivity contribution in [3.8, 4) is 0 Å². The summed E-state index contributed by atoms with van der Waals surface area (Å²) in [7, 11) is 0. The number of nitrogens with one attached hydrogen (secondary N) is 1. The number of fused-ring (bicyclic) bond motifs is 1. The SMILES string of the molecule is O=C(c1ccc2nc[nH]c2c1)N1C[C@@H](F)C[C@H]1CO. The number of imidazole rings is 1. The molecule has 0 spiro atoms. The first kappa shape index (κ1) is 12.1. The minimum Gasteiger partial charge on any atom is -0.394 e. The van der Waals surface area contributed by atoms with Crippen LogP contribution in [-0.2, 0) is 0 Å². The molecule has 1 aromatic carbocycles. The summed E-state index contributed by atoms with van der Waals surface area (Å²) in [6.07, 6.45) is 0.703. The highest BCUT2D eigenvalue weighted by Gasteiger charge is 2.35. The van der Waals surface area contributed by atoms with Crippen molar-refractivity contribution in [1.82, 2.24) is 14.9 Å². The van der Waals surface area contributed by atoms with Crippen molar-refractivity contribution in [2.75, 3.05) is 13.2 Å². The highest BCUT2D eigenvalue weighted by Crippen LogP contribution is 2.23. The number of aromatic nitrogens is 2. The van der Waals surface area contributed by atoms with E-state index in [9.17, 15) is 14.3 Å². The molecular weight excluding hydrogens is 249 g/mol. The maximum absolute atomic E-state index is 13.4. The zero-order chi connectivity index (χ0) is 13.4. The number of alkyl halides is 1. The lowest BCUT2D eigenvalue weighted by molar-refractivity contribution is 0.0673. The normalized spacial score (nSPS) is 23.2. The molecule has 1 aromatic heterocycles. The van der Waals surface area contributed by atoms with Crippen molar-refractivity contribution < 1.29 is 14.3 Å². The summed E-state index contributed by atoms with van der Waals surface area (Å²) in [6.45, 7) is -0.163. The number of rotatable bonds is 2. The predicted octanol–water partition coefficient (Wildman–Crippen LogP) is 1.11. The van der Waals surface area contributed by atoms with Crippen molar-refractivity contribution in [3.63, 3.8) is 0 Å². The molecule has 6 heteroatoms. The summed E-state index contributed by atoms with van der Waals surface area (Å²) in [5.41, 5.74) is 2.02. The molecule has 1 fully saturated rings. The summed E-state index contributed by atoms with van der Waals surface area (Å²) in [4.78, 5) is 20.8. The van der Waals surface area contributed by atoms with E-state index in [-0.39, 0.29) is 25.5 Å². The van der Waals surface area contributed by atoms with Crippen molar-refractivity contribution >= 4 is 16.9 Å². The number of aliphatic hydroxyl groups excluding tert-OH is 1. The van der Waals surface area contributed by atoms with Crippen LogP contribution in [0.4, 0.5) is 4.39 Å². The molecule has 1 aliphatic rings. The maximum Gasteiger partial charge on any atom is 0.254 e. The Bertz CT molecular complexity index is 613. The lowest BCUT2D eigenvalue weighted by Crippen LogP contribution is -2.37. The van der Waals surface area contributed by atoms with Crippen LogP contribution in [-0.4, -0.2) is 51.2 Å². The minimum atomic E-state index is -1.06. The Balaban J connectivity index is 1.90. The lowest BCUT2D eigenvalue weighted by Gasteiger charge is -2.22. The number of likely N-dealkylation sites (tertiary alicyclic amines) is 1. The summed E-state index contributed by atoms with van der Waals surface area (Å²) < 4.78 is 13.4. The summed E-state index contributed by atoms with van der Waals surface area (Å²) in [5, 5.41) is 9.21. The largest absolute Gasteiger partial charge is 0.394 e. The van der Waals surface area contributed by atoms with E-state index in [1.54, 1.807) is 24.5 Å². The van der Waals surface area contributed by atoms with E-state index in [2.05, 4.69) is 9.97 Å². The molecule has 3 rings (SSSR count). The van der Waals surface area contributed by atoms with E-state index in [1.165, 1.54) is 4.90 Å². The zero-order valence-corrected chi connectivity index (χ0v) is 10.2. The number of halogens is 1. The van der Waals surface area contributed by atoms with Crippen molar-refractivity contribution in [2.24, 2.45) is 0 Å². The average Bonchev–Trinajstić information content (AvgIpc) is 3.02. The van der Waals surface area contributed by atoms with E-state index in [1.807, 2.05) is 0 Å². The van der Waals surface area contributed by atoms with Gasteiger partial charge in [-0.25, -0.2) is 9.37 Å². The second-order valence-electron chi connectivity index (χ2n) is 4.76. The van der Waals surface area contributed by atoms with Gasteiger partial charge in [0.2, 0.25) is 0 Å². The van der Waals surface area contributed by atoms with Gasteiger partial charge in [-0.3, -0.25) is 4.79 Å². The van der Waals surface area contributed by atoms with Gasteiger partial charge in [-0.2, -0.15) is 0 Å². The van der Waals surface area contributed by atoms with E-state index in [0.29, 0.717) is 5.56 Å². The third kappa shape index (κ3) is 2.08. The van der Waals surface area contributed by atoms with Crippen molar-refractivity contribution in [2.45, 2.75) is 18.6 Å². The summed E-state index contributed by atoms with van der Waals surface area (Å²) >= 11 is 0. The van der Waals surface area contributed by atoms with Gasteiger partial charge >= 0.3 is 0 Å². The van der Waals surface area contributed by atoms with Gasteiger partial charge in [0.25, 0.3) is 5.91 Å². The Kier molecular flexibility index (Phi) is 2.94. The van der Waals surface area contributed by atoms with E-state index >= 15 is 0 Å². The smallest absolute Gasteiger partial charge is 0.254 e. The van der Waals surface area contributed by atoms with Crippen LogP contribution >= 0.6 is 0 Å². The van der Waals surface area contributed by atoms with Gasteiger partial charge < -0.3 is 15.0 Å². The zero-order valence-electron chi connectivity index (χ0n) is 10.2. The third-order valence-electron chi connectivity index (χ3n) is 3.50. The van der Waals surface area contributed by atoms with Crippen LogP contribution in [0, 0.1) is 0 Å². The lowest BCUT2D eigenvalue weighted by atomic mass is 10.1. The fraction of sp³-hybridized carbons (Fsp3) is 0.385. The molecule has 2 N–H and O–H groups in total. The van der Waals surface area contributed by atoms with Gasteiger partial charge in [-0.1, -0.05) is 0 Å². The Morgan fingerprint density at radius 3 is 3.21 bits per heavy atom. The standard InChI is InChI=1S/C13H14FN3O2/c14-9-4-10(6-18)17(5-9)13(19)8-1-2-11-12(3-8)16-7-15-11/h1-3,7,9-10,18H,4-6H2,(H,15,16)/t9-,10-/m0/s1. The number of amides is 1. The summed E-state index contributed by atoms with van der Waals surface area (Å²) in [6, 6.07) is 4.69. The molecule has 0 saturated carbocycles. The molecule has 1 aliphatic heterocycles. The number of aliphatic hydroxyl groups is 1. The predicted molar refractivity (Wildman–Crippen MR) is 67.5 cm³/mol. The fourth-order valence-corrected chi connectivity index (χ4v) is 2.52. The van der Waals surface area contributed by atoms with E-state index in [4.69, 9.17) is 0 Å². The van der Waals surface area contributed by atoms with Gasteiger partial charge in [0.1, 0.15) is 6.17 Å². The molecule has 1 amide bonds. The highest BCUT2D eigenvalue weighted by atomic mass is 19.1. The molecule has 2 heterocycles. The van der Waals surface area contributed by atoms with Crippen LogP contribution in [0.1, 0.15) is 16.8 Å². The van der Waals surface area contributed by atoms with Gasteiger partial charge in [0, 0.05) is 12.0 Å². The number of H-pyrrole nitrogens is 1. The maximum atomic E-state index is 13.4. The second kappa shape index (κ2) is 4.62. The molecule has 0 radical (unpaired) electrons. The van der Waals surface area contributed by atoms with Crippen LogP contribution < -0.4 is 0 Å². The average molecular weight is 263 g/mol. The van der Waals surface area contributed by atoms with Gasteiger partial charge in [0.15, 0.2) is 0 Å². The molecule has 0 aliphatic carbocycles. The first-order valence-corrected chi connectivity index (χ1v) is 6.18. The van der Waals surface area contributed by atoms with Gasteiger partial charge in [-0.15, -0.1) is 0 Å². The van der Waals surface area contributed by atoms with Crippen LogP contribution in [0.3, 0.4) is 0 Å². The highest BCUT2D eigenvalue weighted by molar-refractivity contribution is 5.97. The molecule has 0 bridgehead atoms. The third-order valence-corrected chi connectivity index (χ3v) is 3.50. The number of benzene rings is 1. The van der Waals surface area contributed by atoms with E-state index < -0.39 is 12.2 Å². The monoisotopic (exact) mass is 263 g/mol. The molecule has 1 saturated heterocycles. The number of aromatic amines is 1. The Morgan fingerprint density at radius 2 is 2.42 bits per heavy atom. The molecule has 5 nitrogen and oxygen atoms in total. The quantitative estimate of drug-likeness (QED) is 0.852. The van der Waals surface area contributed by atoms with Crippen molar-refractivity contribution in [3.05, 3.63) is 30.1 Å². The number of nitrogens with zero attached hydrogens (tertiary/aromatic N) is 2. The summed E-state index contributed by atoms with van der Waals surface area (Å²) in [5.74, 6) is -0.254. The van der Waals surface area contributed by atoms with Gasteiger partial charge in [-0.05, 0) is 18.2 Å². The van der Waals surface area contributed by atoms with Crippen LogP contribution in [0.25, 0.3) is 11.0 Å². The number of carbonyl (C=O) groups is 1. The fourth-order valence-electron chi connectivity index (χ4n) is 2.52. The Labute approximate surface area is 109 Å². The van der Waals surface area contributed by atoms with Crippen LogP contribution in [0.5, 0.6) is 0 Å². The second-order valence-corrected chi connectivity index (χ2v) is 4.76. The Hall–Kier alpha value is -1.95. The van der Waals surface area contributed by atoms with Crippen molar-refractivity contribution in [1.29, 1.82) is 0 Å². The molecule has 2 aromatic rings. The molecule has 19 heavy (non-hydrogen) atoms. The number of carbonyl (C=O) groups excluding carboxylic acids is 1. The topological polar surface area (TPSA) is 69.2 Å². The number of hydrogen-bond acceptors (Lipinski definition) is 3. The Morgan fingerprint density at radius 1 is 1.58 bits per heavy atom. The first-order chi connectivity index (χ1) is 9.19. The molecule has 2 atom stereocenters. The molecular formula is C13H14FN3O2. The first-order valence-electron chi connectivity index (χ1n) is 6.18. The molecule has 100 valence electrons. The molecule has 0 unspecified atom stereocenters. The van der Waals surface area contributed by atoms with Gasteiger partial charge in [0.05, 0.1) is 36.6 Å². The minimum absolute atomic E-state index is 0.0467. The van der Waals surface area contributed by atoms with Crippen LogP contribution in [0.15, 0.2) is 24.5 Å².